The summed E-state index contributed by atoms with van der Waals surface area (Å²) in [6, 6.07) is 15.5. The molecule has 0 aliphatic heterocycles. The van der Waals surface area contributed by atoms with Crippen LogP contribution in [-0.4, -0.2) is 26.4 Å². The minimum absolute atomic E-state index is 0.147. The fourth-order valence-electron chi connectivity index (χ4n) is 3.01. The van der Waals surface area contributed by atoms with Crippen LogP contribution < -0.4 is 10.0 Å². The third kappa shape index (κ3) is 3.56. The summed E-state index contributed by atoms with van der Waals surface area (Å²) in [5, 5.41) is 3.65. The minimum atomic E-state index is -3.50. The Balaban J connectivity index is 1.65. The van der Waals surface area contributed by atoms with Crippen LogP contribution in [0, 0.1) is 0 Å². The van der Waals surface area contributed by atoms with Crippen LogP contribution in [0.15, 0.2) is 59.5 Å². The quantitative estimate of drug-likeness (QED) is 0.710. The number of fused-ring (bicyclic) bond motifs is 1. The summed E-state index contributed by atoms with van der Waals surface area (Å²) in [5.74, 6) is 0.201. The first-order valence-electron chi connectivity index (χ1n) is 8.72. The van der Waals surface area contributed by atoms with Crippen LogP contribution in [0.1, 0.15) is 34.8 Å². The van der Waals surface area contributed by atoms with Crippen molar-refractivity contribution in [3.8, 4) is 0 Å². The molecule has 0 saturated heterocycles. The lowest BCUT2D eigenvalue weighted by Crippen LogP contribution is -2.18. The van der Waals surface area contributed by atoms with Gasteiger partial charge in [0.05, 0.1) is 16.0 Å². The molecule has 6 nitrogen and oxygen atoms in total. The van der Waals surface area contributed by atoms with E-state index >= 15 is 0 Å². The van der Waals surface area contributed by atoms with E-state index in [-0.39, 0.29) is 10.8 Å². The molecule has 1 heterocycles. The van der Waals surface area contributed by atoms with Gasteiger partial charge in [-0.25, -0.2) is 13.1 Å². The van der Waals surface area contributed by atoms with E-state index in [0.717, 1.165) is 29.4 Å². The van der Waals surface area contributed by atoms with E-state index in [2.05, 4.69) is 15.0 Å². The molecular weight excluding hydrogens is 362 g/mol. The van der Waals surface area contributed by atoms with E-state index in [1.165, 1.54) is 19.2 Å². The molecule has 2 aromatic carbocycles. The molecular formula is C20H19N3O3S. The predicted octanol–water partition coefficient (Wildman–Crippen LogP) is 3.27. The molecule has 1 amide bonds. The summed E-state index contributed by atoms with van der Waals surface area (Å²) >= 11 is 0. The monoisotopic (exact) mass is 381 g/mol. The SMILES string of the molecule is CNS(=O)(=O)c1ccc(NC(=O)c2cc(C3CC3)nc3ccccc23)cc1. The highest BCUT2D eigenvalue weighted by molar-refractivity contribution is 7.89. The fraction of sp³-hybridized carbons (Fsp3) is 0.200. The maximum absolute atomic E-state index is 12.9. The second-order valence-corrected chi connectivity index (χ2v) is 8.46. The first-order valence-corrected chi connectivity index (χ1v) is 10.2. The Hall–Kier alpha value is -2.77. The number of sulfonamides is 1. The zero-order valence-electron chi connectivity index (χ0n) is 14.8. The number of carbonyl (C=O) groups is 1. The van der Waals surface area contributed by atoms with Crippen molar-refractivity contribution in [2.75, 3.05) is 12.4 Å². The molecule has 2 N–H and O–H groups in total. The Labute approximate surface area is 157 Å². The molecule has 1 saturated carbocycles. The van der Waals surface area contributed by atoms with Crippen molar-refractivity contribution in [2.24, 2.45) is 0 Å². The molecule has 1 fully saturated rings. The smallest absolute Gasteiger partial charge is 0.256 e. The van der Waals surface area contributed by atoms with E-state index in [0.29, 0.717) is 17.2 Å². The number of rotatable bonds is 5. The van der Waals surface area contributed by atoms with Gasteiger partial charge in [0.1, 0.15) is 0 Å². The lowest BCUT2D eigenvalue weighted by atomic mass is 10.1. The van der Waals surface area contributed by atoms with Gasteiger partial charge >= 0.3 is 0 Å². The lowest BCUT2D eigenvalue weighted by Gasteiger charge is -2.11. The molecule has 0 radical (unpaired) electrons. The number of nitrogens with zero attached hydrogens (tertiary/aromatic N) is 1. The number of nitrogens with one attached hydrogen (secondary N) is 2. The maximum atomic E-state index is 12.9. The summed E-state index contributed by atoms with van der Waals surface area (Å²) in [5.41, 5.74) is 2.87. The largest absolute Gasteiger partial charge is 0.322 e. The number of anilines is 1. The third-order valence-corrected chi connectivity index (χ3v) is 6.10. The number of pyridine rings is 1. The molecule has 138 valence electrons. The van der Waals surface area contributed by atoms with Gasteiger partial charge in [-0.15, -0.1) is 0 Å². The van der Waals surface area contributed by atoms with Crippen LogP contribution in [0.4, 0.5) is 5.69 Å². The Bertz CT molecular complexity index is 1120. The Morgan fingerprint density at radius 2 is 1.78 bits per heavy atom. The van der Waals surface area contributed by atoms with Crippen LogP contribution >= 0.6 is 0 Å². The van der Waals surface area contributed by atoms with Gasteiger partial charge in [-0.05, 0) is 56.3 Å². The zero-order valence-corrected chi connectivity index (χ0v) is 15.6. The number of aromatic nitrogens is 1. The molecule has 0 spiro atoms. The van der Waals surface area contributed by atoms with Gasteiger partial charge in [0.15, 0.2) is 0 Å². The summed E-state index contributed by atoms with van der Waals surface area (Å²) in [6.07, 6.45) is 2.21. The van der Waals surface area contributed by atoms with Crippen LogP contribution in [0.25, 0.3) is 10.9 Å². The number of benzene rings is 2. The second-order valence-electron chi connectivity index (χ2n) is 6.57. The van der Waals surface area contributed by atoms with E-state index in [1.54, 1.807) is 12.1 Å². The Kier molecular flexibility index (Phi) is 4.41. The molecule has 7 heteroatoms. The first-order chi connectivity index (χ1) is 13.0. The van der Waals surface area contributed by atoms with Crippen molar-refractivity contribution in [1.82, 2.24) is 9.71 Å². The first kappa shape index (κ1) is 17.6. The summed E-state index contributed by atoms with van der Waals surface area (Å²) < 4.78 is 25.9. The Morgan fingerprint density at radius 3 is 2.44 bits per heavy atom. The van der Waals surface area contributed by atoms with Crippen molar-refractivity contribution in [2.45, 2.75) is 23.7 Å². The van der Waals surface area contributed by atoms with Gasteiger partial charge in [-0.1, -0.05) is 18.2 Å². The van der Waals surface area contributed by atoms with E-state index in [1.807, 2.05) is 30.3 Å². The van der Waals surface area contributed by atoms with Crippen LogP contribution in [0.5, 0.6) is 0 Å². The number of hydrogen-bond acceptors (Lipinski definition) is 4. The number of hydrogen-bond donors (Lipinski definition) is 2. The normalized spacial score (nSPS) is 14.3. The average molecular weight is 381 g/mol. The van der Waals surface area contributed by atoms with E-state index in [9.17, 15) is 13.2 Å². The number of para-hydroxylation sites is 1. The topological polar surface area (TPSA) is 88.2 Å². The van der Waals surface area contributed by atoms with Crippen LogP contribution in [0.3, 0.4) is 0 Å². The predicted molar refractivity (Wildman–Crippen MR) is 104 cm³/mol. The van der Waals surface area contributed by atoms with Gasteiger partial charge < -0.3 is 5.32 Å². The molecule has 0 atom stereocenters. The Morgan fingerprint density at radius 1 is 1.07 bits per heavy atom. The number of amides is 1. The van der Waals surface area contributed by atoms with Gasteiger partial charge in [0.25, 0.3) is 5.91 Å². The molecule has 27 heavy (non-hydrogen) atoms. The molecule has 4 rings (SSSR count). The molecule has 1 aromatic heterocycles. The van der Waals surface area contributed by atoms with Crippen molar-refractivity contribution < 1.29 is 13.2 Å². The van der Waals surface area contributed by atoms with E-state index < -0.39 is 10.0 Å². The second kappa shape index (κ2) is 6.75. The molecule has 0 unspecified atom stereocenters. The lowest BCUT2D eigenvalue weighted by molar-refractivity contribution is 0.102. The molecule has 3 aromatic rings. The highest BCUT2D eigenvalue weighted by Crippen LogP contribution is 2.40. The molecule has 0 bridgehead atoms. The maximum Gasteiger partial charge on any atom is 0.256 e. The van der Waals surface area contributed by atoms with Gasteiger partial charge in [0, 0.05) is 22.7 Å². The standard InChI is InChI=1S/C20H19N3O3S/c1-21-27(25,26)15-10-8-14(9-11-15)22-20(24)17-12-19(13-6-7-13)23-18-5-3-2-4-16(17)18/h2-5,8-13,21H,6-7H2,1H3,(H,22,24). The van der Waals surface area contributed by atoms with E-state index in [4.69, 9.17) is 0 Å². The molecule has 1 aliphatic carbocycles. The summed E-state index contributed by atoms with van der Waals surface area (Å²) in [4.78, 5) is 17.7. The fourth-order valence-corrected chi connectivity index (χ4v) is 3.74. The van der Waals surface area contributed by atoms with Crippen molar-refractivity contribution >= 4 is 32.5 Å². The van der Waals surface area contributed by atoms with Crippen LogP contribution in [0.2, 0.25) is 0 Å². The number of carbonyl (C=O) groups excluding carboxylic acids is 1. The van der Waals surface area contributed by atoms with Gasteiger partial charge in [-0.3, -0.25) is 9.78 Å². The zero-order chi connectivity index (χ0) is 19.0. The molecule has 1 aliphatic rings. The third-order valence-electron chi connectivity index (χ3n) is 4.67. The van der Waals surface area contributed by atoms with Gasteiger partial charge in [0.2, 0.25) is 10.0 Å². The highest BCUT2D eigenvalue weighted by atomic mass is 32.2. The summed E-state index contributed by atoms with van der Waals surface area (Å²) in [6.45, 7) is 0. The van der Waals surface area contributed by atoms with Crippen molar-refractivity contribution in [3.05, 3.63) is 65.9 Å². The minimum Gasteiger partial charge on any atom is -0.322 e. The highest BCUT2D eigenvalue weighted by Gasteiger charge is 2.27. The van der Waals surface area contributed by atoms with Gasteiger partial charge in [-0.2, -0.15) is 0 Å². The van der Waals surface area contributed by atoms with Crippen LogP contribution in [-0.2, 0) is 10.0 Å². The van der Waals surface area contributed by atoms with Crippen molar-refractivity contribution in [3.63, 3.8) is 0 Å². The average Bonchev–Trinajstić information content (AvgIpc) is 3.53. The summed E-state index contributed by atoms with van der Waals surface area (Å²) in [7, 11) is -2.15. The van der Waals surface area contributed by atoms with Crippen molar-refractivity contribution in [1.29, 1.82) is 0 Å².